The van der Waals surface area contributed by atoms with Gasteiger partial charge in [-0.05, 0) is 36.8 Å². The number of para-hydroxylation sites is 1. The highest BCUT2D eigenvalue weighted by Gasteiger charge is 2.09. The standard InChI is InChI=1S/C14H10BrNO2/c1-9-6-12(17)14(7-11(9)15)18-13-5-3-2-4-10(13)8-16/h2-7,17H,1H3. The van der Waals surface area contributed by atoms with E-state index in [-0.39, 0.29) is 5.75 Å². The van der Waals surface area contributed by atoms with Gasteiger partial charge < -0.3 is 9.84 Å². The van der Waals surface area contributed by atoms with Crippen molar-refractivity contribution in [2.75, 3.05) is 0 Å². The number of nitrogens with zero attached hydrogens (tertiary/aromatic N) is 1. The Morgan fingerprint density at radius 3 is 2.67 bits per heavy atom. The third kappa shape index (κ3) is 2.47. The normalized spacial score (nSPS) is 9.83. The molecule has 3 nitrogen and oxygen atoms in total. The first-order valence-electron chi connectivity index (χ1n) is 5.28. The van der Waals surface area contributed by atoms with Gasteiger partial charge in [-0.3, -0.25) is 0 Å². The van der Waals surface area contributed by atoms with E-state index >= 15 is 0 Å². The SMILES string of the molecule is Cc1cc(O)c(Oc2ccccc2C#N)cc1Br. The minimum absolute atomic E-state index is 0.0449. The molecule has 4 heteroatoms. The van der Waals surface area contributed by atoms with Gasteiger partial charge in [-0.2, -0.15) is 5.26 Å². The number of hydrogen-bond acceptors (Lipinski definition) is 3. The van der Waals surface area contributed by atoms with Crippen molar-refractivity contribution in [1.29, 1.82) is 5.26 Å². The summed E-state index contributed by atoms with van der Waals surface area (Å²) >= 11 is 3.37. The molecule has 0 aliphatic carbocycles. The van der Waals surface area contributed by atoms with E-state index in [2.05, 4.69) is 15.9 Å². The summed E-state index contributed by atoms with van der Waals surface area (Å²) in [6.07, 6.45) is 0. The van der Waals surface area contributed by atoms with Gasteiger partial charge in [-0.25, -0.2) is 0 Å². The van der Waals surface area contributed by atoms with E-state index in [0.29, 0.717) is 17.1 Å². The third-order valence-corrected chi connectivity index (χ3v) is 3.32. The molecule has 0 fully saturated rings. The molecule has 0 atom stereocenters. The molecule has 0 spiro atoms. The van der Waals surface area contributed by atoms with Gasteiger partial charge >= 0.3 is 0 Å². The van der Waals surface area contributed by atoms with Crippen LogP contribution >= 0.6 is 15.9 Å². The molecule has 2 aromatic rings. The first-order valence-corrected chi connectivity index (χ1v) is 6.07. The van der Waals surface area contributed by atoms with Crippen molar-refractivity contribution in [3.8, 4) is 23.3 Å². The lowest BCUT2D eigenvalue weighted by atomic mass is 10.2. The van der Waals surface area contributed by atoms with Crippen LogP contribution in [-0.4, -0.2) is 5.11 Å². The first-order chi connectivity index (χ1) is 8.61. The summed E-state index contributed by atoms with van der Waals surface area (Å²) in [4.78, 5) is 0. The van der Waals surface area contributed by atoms with Crippen molar-refractivity contribution in [2.45, 2.75) is 6.92 Å². The average Bonchev–Trinajstić information content (AvgIpc) is 2.36. The number of aryl methyl sites for hydroxylation is 1. The van der Waals surface area contributed by atoms with E-state index in [4.69, 9.17) is 10.00 Å². The van der Waals surface area contributed by atoms with Crippen LogP contribution in [0.4, 0.5) is 0 Å². The fourth-order valence-electron chi connectivity index (χ4n) is 1.50. The summed E-state index contributed by atoms with van der Waals surface area (Å²) in [7, 11) is 0. The Morgan fingerprint density at radius 2 is 1.94 bits per heavy atom. The molecule has 0 bridgehead atoms. The van der Waals surface area contributed by atoms with Crippen LogP contribution < -0.4 is 4.74 Å². The fraction of sp³-hybridized carbons (Fsp3) is 0.0714. The molecular formula is C14H10BrNO2. The monoisotopic (exact) mass is 303 g/mol. The van der Waals surface area contributed by atoms with Gasteiger partial charge in [-0.15, -0.1) is 0 Å². The van der Waals surface area contributed by atoms with Crippen molar-refractivity contribution in [3.05, 3.63) is 52.0 Å². The van der Waals surface area contributed by atoms with E-state index < -0.39 is 0 Å². The molecule has 0 aliphatic rings. The predicted octanol–water partition coefficient (Wildman–Crippen LogP) is 4.13. The molecule has 0 radical (unpaired) electrons. The number of rotatable bonds is 2. The smallest absolute Gasteiger partial charge is 0.170 e. The molecule has 0 saturated heterocycles. The fourth-order valence-corrected chi connectivity index (χ4v) is 1.82. The van der Waals surface area contributed by atoms with Crippen molar-refractivity contribution in [1.82, 2.24) is 0 Å². The first kappa shape index (κ1) is 12.5. The number of phenols is 1. The van der Waals surface area contributed by atoms with Crippen LogP contribution in [0.1, 0.15) is 11.1 Å². The van der Waals surface area contributed by atoms with Crippen LogP contribution in [0.15, 0.2) is 40.9 Å². The topological polar surface area (TPSA) is 53.2 Å². The molecule has 0 aromatic heterocycles. The molecule has 90 valence electrons. The van der Waals surface area contributed by atoms with Gasteiger partial charge in [-0.1, -0.05) is 28.1 Å². The zero-order chi connectivity index (χ0) is 13.1. The Balaban J connectivity index is 2.41. The molecule has 2 aromatic carbocycles. The zero-order valence-electron chi connectivity index (χ0n) is 9.64. The number of aromatic hydroxyl groups is 1. The van der Waals surface area contributed by atoms with Crippen molar-refractivity contribution >= 4 is 15.9 Å². The predicted molar refractivity (Wildman–Crippen MR) is 71.8 cm³/mol. The Morgan fingerprint density at radius 1 is 1.22 bits per heavy atom. The van der Waals surface area contributed by atoms with E-state index in [0.717, 1.165) is 10.0 Å². The van der Waals surface area contributed by atoms with Crippen LogP contribution in [0.25, 0.3) is 0 Å². The number of phenolic OH excluding ortho intramolecular Hbond substituents is 1. The third-order valence-electron chi connectivity index (χ3n) is 2.47. The molecule has 0 heterocycles. The number of hydrogen-bond donors (Lipinski definition) is 1. The van der Waals surface area contributed by atoms with Crippen molar-refractivity contribution in [2.24, 2.45) is 0 Å². The summed E-state index contributed by atoms with van der Waals surface area (Å²) in [6, 6.07) is 12.2. The molecule has 18 heavy (non-hydrogen) atoms. The summed E-state index contributed by atoms with van der Waals surface area (Å²) in [5, 5.41) is 18.8. The van der Waals surface area contributed by atoms with Gasteiger partial charge in [0.1, 0.15) is 11.8 Å². The summed E-state index contributed by atoms with van der Waals surface area (Å²) in [5.41, 5.74) is 1.34. The minimum atomic E-state index is 0.0449. The summed E-state index contributed by atoms with van der Waals surface area (Å²) in [6.45, 7) is 1.87. The van der Waals surface area contributed by atoms with Gasteiger partial charge in [0.25, 0.3) is 0 Å². The van der Waals surface area contributed by atoms with Crippen LogP contribution in [0.2, 0.25) is 0 Å². The second kappa shape index (κ2) is 5.11. The second-order valence-corrected chi connectivity index (χ2v) is 4.63. The van der Waals surface area contributed by atoms with E-state index in [1.165, 1.54) is 0 Å². The van der Waals surface area contributed by atoms with Gasteiger partial charge in [0.05, 0.1) is 5.56 Å². The highest BCUT2D eigenvalue weighted by Crippen LogP contribution is 2.36. The quantitative estimate of drug-likeness (QED) is 0.907. The molecule has 0 amide bonds. The second-order valence-electron chi connectivity index (χ2n) is 3.78. The lowest BCUT2D eigenvalue weighted by molar-refractivity contribution is 0.410. The lowest BCUT2D eigenvalue weighted by Gasteiger charge is -2.10. The Bertz CT molecular complexity index is 632. The average molecular weight is 304 g/mol. The number of ether oxygens (including phenoxy) is 1. The Kier molecular flexibility index (Phi) is 3.54. The van der Waals surface area contributed by atoms with E-state index in [1.54, 1.807) is 36.4 Å². The molecular weight excluding hydrogens is 294 g/mol. The zero-order valence-corrected chi connectivity index (χ0v) is 11.2. The number of benzene rings is 2. The molecule has 0 unspecified atom stereocenters. The van der Waals surface area contributed by atoms with Crippen LogP contribution in [0.5, 0.6) is 17.2 Å². The van der Waals surface area contributed by atoms with Crippen LogP contribution in [0.3, 0.4) is 0 Å². The summed E-state index contributed by atoms with van der Waals surface area (Å²) in [5.74, 6) is 0.782. The van der Waals surface area contributed by atoms with E-state index in [9.17, 15) is 5.11 Å². The van der Waals surface area contributed by atoms with Crippen LogP contribution in [-0.2, 0) is 0 Å². The van der Waals surface area contributed by atoms with E-state index in [1.807, 2.05) is 13.0 Å². The molecule has 2 rings (SSSR count). The maximum Gasteiger partial charge on any atom is 0.170 e. The minimum Gasteiger partial charge on any atom is -0.504 e. The highest BCUT2D eigenvalue weighted by atomic mass is 79.9. The molecule has 0 saturated carbocycles. The Hall–Kier alpha value is -1.99. The largest absolute Gasteiger partial charge is 0.504 e. The van der Waals surface area contributed by atoms with Crippen LogP contribution in [0, 0.1) is 18.3 Å². The number of nitriles is 1. The van der Waals surface area contributed by atoms with Crippen molar-refractivity contribution in [3.63, 3.8) is 0 Å². The molecule has 0 aliphatic heterocycles. The number of halogens is 1. The molecule has 1 N–H and O–H groups in total. The Labute approximate surface area is 113 Å². The maximum absolute atomic E-state index is 9.81. The van der Waals surface area contributed by atoms with Crippen molar-refractivity contribution < 1.29 is 9.84 Å². The van der Waals surface area contributed by atoms with Gasteiger partial charge in [0, 0.05) is 4.47 Å². The van der Waals surface area contributed by atoms with Gasteiger partial charge in [0.15, 0.2) is 11.5 Å². The summed E-state index contributed by atoms with van der Waals surface area (Å²) < 4.78 is 6.40. The van der Waals surface area contributed by atoms with Gasteiger partial charge in [0.2, 0.25) is 0 Å². The highest BCUT2D eigenvalue weighted by molar-refractivity contribution is 9.10. The lowest BCUT2D eigenvalue weighted by Crippen LogP contribution is -1.89. The maximum atomic E-state index is 9.81.